The van der Waals surface area contributed by atoms with Crippen molar-refractivity contribution in [3.05, 3.63) is 52.0 Å². The third-order valence-electron chi connectivity index (χ3n) is 3.44. The summed E-state index contributed by atoms with van der Waals surface area (Å²) in [6, 6.07) is 11.4. The van der Waals surface area contributed by atoms with Crippen molar-refractivity contribution in [1.82, 2.24) is 0 Å². The summed E-state index contributed by atoms with van der Waals surface area (Å²) >= 11 is 3.37. The highest BCUT2D eigenvalue weighted by atomic mass is 79.9. The minimum Gasteiger partial charge on any atom is -0.397 e. The lowest BCUT2D eigenvalue weighted by Gasteiger charge is -2.20. The molecule has 0 aromatic heterocycles. The number of rotatable bonds is 2. The molecule has 2 aromatic rings. The minimum absolute atomic E-state index is 0.0307. The van der Waals surface area contributed by atoms with E-state index in [0.717, 1.165) is 27.0 Å². The van der Waals surface area contributed by atoms with E-state index in [-0.39, 0.29) is 5.91 Å². The minimum atomic E-state index is 0.0307. The summed E-state index contributed by atoms with van der Waals surface area (Å²) in [5.74, 6) is 0.0307. The van der Waals surface area contributed by atoms with Crippen molar-refractivity contribution in [3.63, 3.8) is 0 Å². The van der Waals surface area contributed by atoms with Gasteiger partial charge in [-0.05, 0) is 35.4 Å². The van der Waals surface area contributed by atoms with Crippen molar-refractivity contribution in [2.45, 2.75) is 13.0 Å². The van der Waals surface area contributed by atoms with Gasteiger partial charge >= 0.3 is 0 Å². The number of hydrogen-bond donors (Lipinski definition) is 2. The Kier molecular flexibility index (Phi) is 3.23. The molecule has 1 aliphatic rings. The number of carbonyl (C=O) groups is 1. The zero-order valence-corrected chi connectivity index (χ0v) is 12.4. The molecule has 0 fully saturated rings. The molecule has 102 valence electrons. The first-order chi connectivity index (χ1) is 9.60. The number of carbonyl (C=O) groups excluding carboxylic acids is 1. The zero-order chi connectivity index (χ0) is 14.3. The fourth-order valence-corrected chi connectivity index (χ4v) is 2.87. The van der Waals surface area contributed by atoms with Crippen LogP contribution in [0.5, 0.6) is 0 Å². The van der Waals surface area contributed by atoms with E-state index in [2.05, 4.69) is 15.9 Å². The van der Waals surface area contributed by atoms with Crippen molar-refractivity contribution in [1.29, 1.82) is 0 Å². The molecule has 0 saturated carbocycles. The van der Waals surface area contributed by atoms with Crippen LogP contribution in [0.1, 0.15) is 11.1 Å². The molecular formula is C15H14BrN3O. The van der Waals surface area contributed by atoms with Crippen LogP contribution in [0.4, 0.5) is 17.1 Å². The zero-order valence-electron chi connectivity index (χ0n) is 10.8. The predicted octanol–water partition coefficient (Wildman–Crippen LogP) is 2.71. The summed E-state index contributed by atoms with van der Waals surface area (Å²) in [5.41, 5.74) is 15.9. The summed E-state index contributed by atoms with van der Waals surface area (Å²) in [6.45, 7) is 0.474. The summed E-state index contributed by atoms with van der Waals surface area (Å²) < 4.78 is 0.893. The monoisotopic (exact) mass is 331 g/mol. The molecule has 0 atom stereocenters. The average molecular weight is 332 g/mol. The molecule has 0 radical (unpaired) electrons. The second-order valence-corrected chi connectivity index (χ2v) is 5.69. The van der Waals surface area contributed by atoms with E-state index in [0.29, 0.717) is 18.7 Å². The molecule has 0 saturated heterocycles. The molecule has 1 heterocycles. The molecule has 0 aliphatic carbocycles. The number of anilines is 3. The van der Waals surface area contributed by atoms with Crippen LogP contribution in [-0.2, 0) is 17.8 Å². The van der Waals surface area contributed by atoms with Crippen LogP contribution in [0.3, 0.4) is 0 Å². The van der Waals surface area contributed by atoms with Crippen molar-refractivity contribution in [2.75, 3.05) is 10.6 Å². The van der Waals surface area contributed by atoms with Gasteiger partial charge in [0.2, 0.25) is 5.91 Å². The molecule has 5 heteroatoms. The van der Waals surface area contributed by atoms with Gasteiger partial charge < -0.3 is 11.5 Å². The van der Waals surface area contributed by atoms with Gasteiger partial charge in [0, 0.05) is 11.0 Å². The summed E-state index contributed by atoms with van der Waals surface area (Å²) in [4.78, 5) is 14.0. The summed E-state index contributed by atoms with van der Waals surface area (Å²) in [6.07, 6.45) is 0.388. The topological polar surface area (TPSA) is 72.4 Å². The highest BCUT2D eigenvalue weighted by Crippen LogP contribution is 2.39. The van der Waals surface area contributed by atoms with Gasteiger partial charge in [-0.25, -0.2) is 0 Å². The van der Waals surface area contributed by atoms with Crippen LogP contribution in [-0.4, -0.2) is 5.91 Å². The standard InChI is InChI=1S/C15H14BrN3O/c16-11-2-4-14(12(18)7-11)19-13-3-1-9(8-17)5-10(13)6-15(19)20/h1-5,7H,6,8,17-18H2. The van der Waals surface area contributed by atoms with E-state index in [4.69, 9.17) is 11.5 Å². The van der Waals surface area contributed by atoms with Crippen LogP contribution >= 0.6 is 15.9 Å². The second-order valence-electron chi connectivity index (χ2n) is 4.78. The van der Waals surface area contributed by atoms with E-state index in [1.54, 1.807) is 11.0 Å². The molecule has 0 unspecified atom stereocenters. The number of halogens is 1. The molecule has 1 amide bonds. The molecule has 2 aromatic carbocycles. The lowest BCUT2D eigenvalue weighted by atomic mass is 10.1. The normalized spacial score (nSPS) is 13.7. The molecule has 1 aliphatic heterocycles. The van der Waals surface area contributed by atoms with E-state index >= 15 is 0 Å². The molecule has 0 spiro atoms. The van der Waals surface area contributed by atoms with Gasteiger partial charge in [-0.15, -0.1) is 0 Å². The molecule has 4 nitrogen and oxygen atoms in total. The lowest BCUT2D eigenvalue weighted by molar-refractivity contribution is -0.116. The molecule has 4 N–H and O–H groups in total. The van der Waals surface area contributed by atoms with Crippen molar-refractivity contribution in [2.24, 2.45) is 5.73 Å². The quantitative estimate of drug-likeness (QED) is 0.831. The number of hydrogen-bond acceptors (Lipinski definition) is 3. The first-order valence-electron chi connectivity index (χ1n) is 6.30. The van der Waals surface area contributed by atoms with Crippen LogP contribution in [0.2, 0.25) is 0 Å². The Morgan fingerprint density at radius 2 is 1.90 bits per heavy atom. The first-order valence-corrected chi connectivity index (χ1v) is 7.09. The van der Waals surface area contributed by atoms with Crippen molar-refractivity contribution < 1.29 is 4.79 Å². The van der Waals surface area contributed by atoms with Crippen LogP contribution in [0, 0.1) is 0 Å². The number of amides is 1. The Morgan fingerprint density at radius 3 is 2.60 bits per heavy atom. The highest BCUT2D eigenvalue weighted by molar-refractivity contribution is 9.10. The number of nitrogens with zero attached hydrogens (tertiary/aromatic N) is 1. The maximum Gasteiger partial charge on any atom is 0.236 e. The van der Waals surface area contributed by atoms with Gasteiger partial charge in [-0.2, -0.15) is 0 Å². The Bertz CT molecular complexity index is 700. The van der Waals surface area contributed by atoms with Gasteiger partial charge in [0.25, 0.3) is 0 Å². The van der Waals surface area contributed by atoms with Crippen molar-refractivity contribution >= 4 is 38.9 Å². The van der Waals surface area contributed by atoms with Gasteiger partial charge in [0.15, 0.2) is 0 Å². The van der Waals surface area contributed by atoms with Crippen LogP contribution in [0.15, 0.2) is 40.9 Å². The summed E-state index contributed by atoms with van der Waals surface area (Å²) in [5, 5.41) is 0. The van der Waals surface area contributed by atoms with E-state index in [1.165, 1.54) is 0 Å². The smallest absolute Gasteiger partial charge is 0.236 e. The van der Waals surface area contributed by atoms with Gasteiger partial charge in [0.1, 0.15) is 0 Å². The maximum atomic E-state index is 12.3. The van der Waals surface area contributed by atoms with Gasteiger partial charge in [-0.1, -0.05) is 28.1 Å². The second kappa shape index (κ2) is 4.92. The Balaban J connectivity index is 2.10. The molecule has 0 bridgehead atoms. The van der Waals surface area contributed by atoms with E-state index < -0.39 is 0 Å². The Hall–Kier alpha value is -1.85. The SMILES string of the molecule is NCc1ccc2c(c1)CC(=O)N2c1ccc(Br)cc1N. The maximum absolute atomic E-state index is 12.3. The molecule has 20 heavy (non-hydrogen) atoms. The van der Waals surface area contributed by atoms with Crippen LogP contribution < -0.4 is 16.4 Å². The largest absolute Gasteiger partial charge is 0.397 e. The lowest BCUT2D eigenvalue weighted by Crippen LogP contribution is -2.21. The number of benzene rings is 2. The van der Waals surface area contributed by atoms with Gasteiger partial charge in [-0.3, -0.25) is 9.69 Å². The Labute approximate surface area is 125 Å². The summed E-state index contributed by atoms with van der Waals surface area (Å²) in [7, 11) is 0. The number of fused-ring (bicyclic) bond motifs is 1. The molecular weight excluding hydrogens is 318 g/mol. The predicted molar refractivity (Wildman–Crippen MR) is 83.7 cm³/mol. The van der Waals surface area contributed by atoms with Gasteiger partial charge in [0.05, 0.1) is 23.5 Å². The van der Waals surface area contributed by atoms with E-state index in [9.17, 15) is 4.79 Å². The van der Waals surface area contributed by atoms with Crippen LogP contribution in [0.25, 0.3) is 0 Å². The third-order valence-corrected chi connectivity index (χ3v) is 3.94. The fourth-order valence-electron chi connectivity index (χ4n) is 2.50. The average Bonchev–Trinajstić information content (AvgIpc) is 2.74. The highest BCUT2D eigenvalue weighted by Gasteiger charge is 2.29. The molecule has 3 rings (SSSR count). The first kappa shape index (κ1) is 13.1. The number of nitrogen functional groups attached to an aromatic ring is 1. The Morgan fingerprint density at radius 1 is 1.15 bits per heavy atom. The fraction of sp³-hybridized carbons (Fsp3) is 0.133. The number of nitrogens with two attached hydrogens (primary N) is 2. The van der Waals surface area contributed by atoms with Crippen molar-refractivity contribution in [3.8, 4) is 0 Å². The van der Waals surface area contributed by atoms with E-state index in [1.807, 2.05) is 30.3 Å². The third kappa shape index (κ3) is 2.09.